The van der Waals surface area contributed by atoms with Gasteiger partial charge in [-0.25, -0.2) is 4.39 Å². The summed E-state index contributed by atoms with van der Waals surface area (Å²) in [7, 11) is 0. The summed E-state index contributed by atoms with van der Waals surface area (Å²) < 4.78 is 13.1. The normalized spacial score (nSPS) is 9.86. The Morgan fingerprint density at radius 3 is 2.79 bits per heavy atom. The van der Waals surface area contributed by atoms with Crippen LogP contribution >= 0.6 is 12.6 Å². The lowest BCUT2D eigenvalue weighted by Gasteiger charge is -2.04. The third kappa shape index (κ3) is 3.38. The van der Waals surface area contributed by atoms with Crippen LogP contribution in [0, 0.1) is 5.82 Å². The monoisotopic (exact) mass is 213 g/mol. The van der Waals surface area contributed by atoms with Crippen molar-refractivity contribution in [3.63, 3.8) is 0 Å². The number of hydrogen-bond acceptors (Lipinski definition) is 2. The van der Waals surface area contributed by atoms with Crippen LogP contribution in [-0.2, 0) is 11.3 Å². The number of hydrogen-bond donors (Lipinski definition) is 2. The molecular formula is C10H12FNOS. The van der Waals surface area contributed by atoms with Gasteiger partial charge in [0.1, 0.15) is 5.82 Å². The van der Waals surface area contributed by atoms with E-state index in [9.17, 15) is 9.18 Å². The predicted molar refractivity (Wildman–Crippen MR) is 56.7 cm³/mol. The van der Waals surface area contributed by atoms with Crippen molar-refractivity contribution < 1.29 is 9.18 Å². The standard InChI is InChI=1S/C10H12FNOS/c11-9-4-2-1-3-8(9)7-12-10(13)5-6-14/h1-4,14H,5-7H2,(H,12,13). The van der Waals surface area contributed by atoms with E-state index in [4.69, 9.17) is 0 Å². The first-order valence-corrected chi connectivity index (χ1v) is 4.98. The topological polar surface area (TPSA) is 29.1 Å². The number of amides is 1. The zero-order valence-electron chi connectivity index (χ0n) is 7.66. The lowest BCUT2D eigenvalue weighted by atomic mass is 10.2. The summed E-state index contributed by atoms with van der Waals surface area (Å²) in [5, 5.41) is 2.61. The summed E-state index contributed by atoms with van der Waals surface area (Å²) in [6.45, 7) is 0.235. The largest absolute Gasteiger partial charge is 0.352 e. The van der Waals surface area contributed by atoms with Gasteiger partial charge in [-0.2, -0.15) is 12.6 Å². The van der Waals surface area contributed by atoms with E-state index in [1.165, 1.54) is 6.07 Å². The number of halogens is 1. The molecule has 1 aromatic carbocycles. The second kappa shape index (κ2) is 5.65. The van der Waals surface area contributed by atoms with E-state index in [2.05, 4.69) is 17.9 Å². The molecule has 0 spiro atoms. The van der Waals surface area contributed by atoms with Gasteiger partial charge in [0.05, 0.1) is 0 Å². The molecule has 0 atom stereocenters. The highest BCUT2D eigenvalue weighted by Crippen LogP contribution is 2.05. The molecule has 1 rings (SSSR count). The van der Waals surface area contributed by atoms with Gasteiger partial charge in [0.15, 0.2) is 0 Å². The fourth-order valence-electron chi connectivity index (χ4n) is 1.03. The van der Waals surface area contributed by atoms with Crippen molar-refractivity contribution in [2.24, 2.45) is 0 Å². The van der Waals surface area contributed by atoms with Gasteiger partial charge in [-0.1, -0.05) is 18.2 Å². The summed E-state index contributed by atoms with van der Waals surface area (Å²) in [6, 6.07) is 6.38. The lowest BCUT2D eigenvalue weighted by molar-refractivity contribution is -0.120. The zero-order chi connectivity index (χ0) is 10.4. The number of thiol groups is 1. The molecule has 0 saturated heterocycles. The third-order valence-electron chi connectivity index (χ3n) is 1.77. The molecule has 2 nitrogen and oxygen atoms in total. The Labute approximate surface area is 87.9 Å². The quantitative estimate of drug-likeness (QED) is 0.733. The highest BCUT2D eigenvalue weighted by Gasteiger charge is 2.02. The molecule has 1 amide bonds. The fourth-order valence-corrected chi connectivity index (χ4v) is 1.23. The SMILES string of the molecule is O=C(CCS)NCc1ccccc1F. The van der Waals surface area contributed by atoms with E-state index in [1.54, 1.807) is 18.2 Å². The van der Waals surface area contributed by atoms with Crippen molar-refractivity contribution >= 4 is 18.5 Å². The van der Waals surface area contributed by atoms with Gasteiger partial charge in [-0.3, -0.25) is 4.79 Å². The number of carbonyl (C=O) groups excluding carboxylic acids is 1. The molecule has 0 heterocycles. The maximum Gasteiger partial charge on any atom is 0.221 e. The van der Waals surface area contributed by atoms with Gasteiger partial charge in [0.2, 0.25) is 5.91 Å². The number of carbonyl (C=O) groups is 1. The Kier molecular flexibility index (Phi) is 4.46. The first kappa shape index (κ1) is 11.0. The van der Waals surface area contributed by atoms with Crippen LogP contribution in [0.3, 0.4) is 0 Å². The molecule has 0 bridgehead atoms. The second-order valence-corrected chi connectivity index (χ2v) is 3.29. The molecule has 76 valence electrons. The Bertz CT molecular complexity index is 317. The molecule has 1 N–H and O–H groups in total. The van der Waals surface area contributed by atoms with Crippen molar-refractivity contribution in [2.45, 2.75) is 13.0 Å². The second-order valence-electron chi connectivity index (χ2n) is 2.84. The van der Waals surface area contributed by atoms with Crippen LogP contribution < -0.4 is 5.32 Å². The van der Waals surface area contributed by atoms with E-state index in [1.807, 2.05) is 0 Å². The average Bonchev–Trinajstić information content (AvgIpc) is 2.17. The van der Waals surface area contributed by atoms with Gasteiger partial charge >= 0.3 is 0 Å². The maximum atomic E-state index is 13.1. The number of rotatable bonds is 4. The molecule has 0 radical (unpaired) electrons. The van der Waals surface area contributed by atoms with Gasteiger partial charge in [-0.15, -0.1) is 0 Å². The molecule has 0 aliphatic heterocycles. The Hall–Kier alpha value is -1.03. The molecule has 0 unspecified atom stereocenters. The van der Waals surface area contributed by atoms with Crippen LogP contribution in [0.1, 0.15) is 12.0 Å². The first-order valence-electron chi connectivity index (χ1n) is 4.35. The predicted octanol–water partition coefficient (Wildman–Crippen LogP) is 1.76. The molecule has 1 aromatic rings. The maximum absolute atomic E-state index is 13.1. The highest BCUT2D eigenvalue weighted by molar-refractivity contribution is 7.80. The summed E-state index contributed by atoms with van der Waals surface area (Å²) >= 11 is 3.93. The first-order chi connectivity index (χ1) is 6.74. The molecule has 4 heteroatoms. The molecule has 0 fully saturated rings. The van der Waals surface area contributed by atoms with E-state index < -0.39 is 0 Å². The van der Waals surface area contributed by atoms with Gasteiger partial charge in [-0.05, 0) is 11.8 Å². The summed E-state index contributed by atoms with van der Waals surface area (Å²) in [5.74, 6) is 0.102. The van der Waals surface area contributed by atoms with Crippen molar-refractivity contribution in [1.82, 2.24) is 5.32 Å². The van der Waals surface area contributed by atoms with Gasteiger partial charge in [0.25, 0.3) is 0 Å². The number of nitrogens with one attached hydrogen (secondary N) is 1. The van der Waals surface area contributed by atoms with Gasteiger partial charge in [0, 0.05) is 18.5 Å². The molecular weight excluding hydrogens is 201 g/mol. The lowest BCUT2D eigenvalue weighted by Crippen LogP contribution is -2.23. The highest BCUT2D eigenvalue weighted by atomic mass is 32.1. The van der Waals surface area contributed by atoms with Crippen LogP contribution in [0.15, 0.2) is 24.3 Å². The van der Waals surface area contributed by atoms with Gasteiger partial charge < -0.3 is 5.32 Å². The van der Waals surface area contributed by atoms with Crippen molar-refractivity contribution in [2.75, 3.05) is 5.75 Å². The van der Waals surface area contributed by atoms with Crippen LogP contribution in [-0.4, -0.2) is 11.7 Å². The van der Waals surface area contributed by atoms with E-state index in [0.717, 1.165) is 0 Å². The Balaban J connectivity index is 2.46. The smallest absolute Gasteiger partial charge is 0.221 e. The van der Waals surface area contributed by atoms with Crippen molar-refractivity contribution in [3.05, 3.63) is 35.6 Å². The van der Waals surface area contributed by atoms with Crippen LogP contribution in [0.4, 0.5) is 4.39 Å². The van der Waals surface area contributed by atoms with E-state index in [0.29, 0.717) is 17.7 Å². The minimum absolute atomic E-state index is 0.108. The minimum atomic E-state index is -0.293. The van der Waals surface area contributed by atoms with E-state index in [-0.39, 0.29) is 18.3 Å². The fraction of sp³-hybridized carbons (Fsp3) is 0.300. The van der Waals surface area contributed by atoms with Crippen molar-refractivity contribution in [1.29, 1.82) is 0 Å². The molecule has 0 saturated carbocycles. The van der Waals surface area contributed by atoms with Crippen LogP contribution in [0.25, 0.3) is 0 Å². The summed E-state index contributed by atoms with van der Waals surface area (Å²) in [5.41, 5.74) is 0.500. The number of benzene rings is 1. The minimum Gasteiger partial charge on any atom is -0.352 e. The zero-order valence-corrected chi connectivity index (χ0v) is 8.56. The van der Waals surface area contributed by atoms with Crippen LogP contribution in [0.2, 0.25) is 0 Å². The third-order valence-corrected chi connectivity index (χ3v) is 2.00. The molecule has 0 aliphatic rings. The summed E-state index contributed by atoms with van der Waals surface area (Å²) in [6.07, 6.45) is 0.359. The molecule has 0 aliphatic carbocycles. The average molecular weight is 213 g/mol. The Morgan fingerprint density at radius 1 is 1.43 bits per heavy atom. The Morgan fingerprint density at radius 2 is 2.14 bits per heavy atom. The van der Waals surface area contributed by atoms with Crippen molar-refractivity contribution in [3.8, 4) is 0 Å². The summed E-state index contributed by atoms with van der Waals surface area (Å²) in [4.78, 5) is 11.0. The molecule has 14 heavy (non-hydrogen) atoms. The van der Waals surface area contributed by atoms with E-state index >= 15 is 0 Å². The van der Waals surface area contributed by atoms with Crippen LogP contribution in [0.5, 0.6) is 0 Å². The molecule has 0 aromatic heterocycles.